The predicted molar refractivity (Wildman–Crippen MR) is 99.4 cm³/mol. The topological polar surface area (TPSA) is 58.6 Å². The van der Waals surface area contributed by atoms with Gasteiger partial charge in [-0.2, -0.15) is 0 Å². The van der Waals surface area contributed by atoms with Crippen LogP contribution in [-0.4, -0.2) is 17.6 Å². The van der Waals surface area contributed by atoms with E-state index in [1.54, 1.807) is 13.8 Å². The molecule has 0 unspecified atom stereocenters. The van der Waals surface area contributed by atoms with Crippen LogP contribution < -0.4 is 10.1 Å². The molecule has 0 radical (unpaired) electrons. The Labute approximate surface area is 149 Å². The fraction of sp³-hybridized carbons (Fsp3) is 0.381. The second kappa shape index (κ2) is 8.67. The van der Waals surface area contributed by atoms with Gasteiger partial charge in [-0.05, 0) is 49.9 Å². The first-order valence-electron chi connectivity index (χ1n) is 8.63. The summed E-state index contributed by atoms with van der Waals surface area (Å²) in [6.45, 7) is 6.53. The summed E-state index contributed by atoms with van der Waals surface area (Å²) in [4.78, 5) is 11.9. The van der Waals surface area contributed by atoms with Crippen molar-refractivity contribution in [3.8, 4) is 5.75 Å². The lowest BCUT2D eigenvalue weighted by Crippen LogP contribution is -2.23. The lowest BCUT2D eigenvalue weighted by molar-refractivity contribution is -0.121. The number of carbonyl (C=O) groups excluding carboxylic acids is 1. The monoisotopic (exact) mass is 341 g/mol. The largest absolute Gasteiger partial charge is 0.493 e. The molecular weight excluding hydrogens is 314 g/mol. The van der Waals surface area contributed by atoms with Gasteiger partial charge in [0, 0.05) is 13.0 Å². The van der Waals surface area contributed by atoms with Gasteiger partial charge in [0.15, 0.2) is 0 Å². The average molecular weight is 341 g/mol. The van der Waals surface area contributed by atoms with Gasteiger partial charge in [0.2, 0.25) is 5.91 Å². The summed E-state index contributed by atoms with van der Waals surface area (Å²) in [6.07, 6.45) is 1.12. The van der Waals surface area contributed by atoms with Crippen molar-refractivity contribution < 1.29 is 14.6 Å². The molecule has 0 saturated carbocycles. The smallest absolute Gasteiger partial charge is 0.220 e. The highest BCUT2D eigenvalue weighted by Crippen LogP contribution is 2.19. The second-order valence-corrected chi connectivity index (χ2v) is 6.75. The fourth-order valence-electron chi connectivity index (χ4n) is 2.45. The first-order chi connectivity index (χ1) is 11.9. The number of nitrogens with one attached hydrogen (secondary N) is 1. The van der Waals surface area contributed by atoms with Crippen molar-refractivity contribution >= 4 is 5.91 Å². The summed E-state index contributed by atoms with van der Waals surface area (Å²) in [5.74, 6) is 0.884. The van der Waals surface area contributed by atoms with Gasteiger partial charge < -0.3 is 15.2 Å². The normalized spacial score (nSPS) is 11.2. The van der Waals surface area contributed by atoms with Crippen molar-refractivity contribution in [1.82, 2.24) is 5.32 Å². The summed E-state index contributed by atoms with van der Waals surface area (Å²) in [7, 11) is 0. The van der Waals surface area contributed by atoms with Gasteiger partial charge in [-0.1, -0.05) is 42.5 Å². The van der Waals surface area contributed by atoms with E-state index in [2.05, 4.69) is 5.32 Å². The maximum atomic E-state index is 11.9. The van der Waals surface area contributed by atoms with Gasteiger partial charge in [-0.15, -0.1) is 0 Å². The van der Waals surface area contributed by atoms with E-state index in [1.165, 1.54) is 0 Å². The van der Waals surface area contributed by atoms with E-state index in [0.29, 0.717) is 26.0 Å². The van der Waals surface area contributed by atoms with E-state index < -0.39 is 5.60 Å². The van der Waals surface area contributed by atoms with Crippen LogP contribution in [0.2, 0.25) is 0 Å². The maximum absolute atomic E-state index is 11.9. The Kier molecular flexibility index (Phi) is 6.59. The molecule has 2 aromatic rings. The van der Waals surface area contributed by atoms with E-state index in [1.807, 2.05) is 55.5 Å². The van der Waals surface area contributed by atoms with Crippen LogP contribution in [0.5, 0.6) is 5.75 Å². The number of hydrogen-bond donors (Lipinski definition) is 2. The van der Waals surface area contributed by atoms with Crippen molar-refractivity contribution in [2.75, 3.05) is 6.61 Å². The van der Waals surface area contributed by atoms with Crippen molar-refractivity contribution in [2.24, 2.45) is 0 Å². The summed E-state index contributed by atoms with van der Waals surface area (Å²) in [5, 5.41) is 12.8. The third-order valence-electron chi connectivity index (χ3n) is 4.05. The minimum absolute atomic E-state index is 0.0138. The number of para-hydroxylation sites is 1. The number of amides is 1. The molecule has 0 atom stereocenters. The average Bonchev–Trinajstić information content (AvgIpc) is 2.58. The van der Waals surface area contributed by atoms with E-state index in [4.69, 9.17) is 4.74 Å². The molecule has 134 valence electrons. The van der Waals surface area contributed by atoms with Crippen molar-refractivity contribution in [2.45, 2.75) is 45.8 Å². The SMILES string of the molecule is Cc1ccccc1OCCCC(=O)NCc1ccc(C(C)(C)O)cc1. The zero-order chi connectivity index (χ0) is 18.3. The van der Waals surface area contributed by atoms with Crippen LogP contribution in [-0.2, 0) is 16.9 Å². The molecule has 1 amide bonds. The highest BCUT2D eigenvalue weighted by atomic mass is 16.5. The maximum Gasteiger partial charge on any atom is 0.220 e. The third-order valence-corrected chi connectivity index (χ3v) is 4.05. The standard InChI is InChI=1S/C21H27NO3/c1-16-7-4-5-8-19(16)25-14-6-9-20(23)22-15-17-10-12-18(13-11-17)21(2,3)24/h4-5,7-8,10-13,24H,6,9,14-15H2,1-3H3,(H,22,23). The molecule has 0 fully saturated rings. The van der Waals surface area contributed by atoms with Gasteiger partial charge in [0.05, 0.1) is 12.2 Å². The lowest BCUT2D eigenvalue weighted by Gasteiger charge is -2.18. The molecule has 4 heteroatoms. The second-order valence-electron chi connectivity index (χ2n) is 6.75. The third kappa shape index (κ3) is 6.24. The fourth-order valence-corrected chi connectivity index (χ4v) is 2.45. The summed E-state index contributed by atoms with van der Waals surface area (Å²) < 4.78 is 5.69. The Morgan fingerprint density at radius 2 is 1.80 bits per heavy atom. The molecule has 2 N–H and O–H groups in total. The molecule has 2 rings (SSSR count). The van der Waals surface area contributed by atoms with Gasteiger partial charge in [-0.3, -0.25) is 4.79 Å². The predicted octanol–water partition coefficient (Wildman–Crippen LogP) is 3.70. The number of hydrogen-bond acceptors (Lipinski definition) is 3. The Hall–Kier alpha value is -2.33. The van der Waals surface area contributed by atoms with Crippen LogP contribution in [0.25, 0.3) is 0 Å². The molecule has 25 heavy (non-hydrogen) atoms. The number of carbonyl (C=O) groups is 1. The molecule has 0 aliphatic rings. The summed E-state index contributed by atoms with van der Waals surface area (Å²) >= 11 is 0. The van der Waals surface area contributed by atoms with Crippen molar-refractivity contribution in [1.29, 1.82) is 0 Å². The van der Waals surface area contributed by atoms with Crippen LogP contribution in [0.15, 0.2) is 48.5 Å². The molecule has 0 heterocycles. The van der Waals surface area contributed by atoms with Gasteiger partial charge in [0.25, 0.3) is 0 Å². The van der Waals surface area contributed by atoms with Crippen molar-refractivity contribution in [3.05, 3.63) is 65.2 Å². The van der Waals surface area contributed by atoms with Crippen LogP contribution >= 0.6 is 0 Å². The number of aryl methyl sites for hydroxylation is 1. The summed E-state index contributed by atoms with van der Waals surface area (Å²) in [5.41, 5.74) is 2.12. The Morgan fingerprint density at radius 3 is 2.44 bits per heavy atom. The quantitative estimate of drug-likeness (QED) is 0.720. The molecule has 0 aliphatic carbocycles. The van der Waals surface area contributed by atoms with E-state index in [0.717, 1.165) is 22.4 Å². The Balaban J connectivity index is 1.68. The molecule has 0 aromatic heterocycles. The van der Waals surface area contributed by atoms with Crippen LogP contribution in [0.1, 0.15) is 43.4 Å². The lowest BCUT2D eigenvalue weighted by atomic mass is 9.97. The molecule has 0 saturated heterocycles. The number of ether oxygens (including phenoxy) is 1. The van der Waals surface area contributed by atoms with Crippen molar-refractivity contribution in [3.63, 3.8) is 0 Å². The van der Waals surface area contributed by atoms with Gasteiger partial charge in [0.1, 0.15) is 5.75 Å². The summed E-state index contributed by atoms with van der Waals surface area (Å²) in [6, 6.07) is 15.5. The molecule has 0 spiro atoms. The Bertz CT molecular complexity index is 687. The first-order valence-corrected chi connectivity index (χ1v) is 8.63. The zero-order valence-corrected chi connectivity index (χ0v) is 15.2. The number of aliphatic hydroxyl groups is 1. The molecular formula is C21H27NO3. The number of rotatable bonds is 8. The minimum atomic E-state index is -0.848. The zero-order valence-electron chi connectivity index (χ0n) is 15.2. The molecule has 0 aliphatic heterocycles. The molecule has 2 aromatic carbocycles. The van der Waals surface area contributed by atoms with Gasteiger partial charge >= 0.3 is 0 Å². The highest BCUT2D eigenvalue weighted by Gasteiger charge is 2.15. The van der Waals surface area contributed by atoms with E-state index >= 15 is 0 Å². The van der Waals surface area contributed by atoms with E-state index in [-0.39, 0.29) is 5.91 Å². The van der Waals surface area contributed by atoms with Crippen LogP contribution in [0, 0.1) is 6.92 Å². The van der Waals surface area contributed by atoms with Crippen LogP contribution in [0.3, 0.4) is 0 Å². The highest BCUT2D eigenvalue weighted by molar-refractivity contribution is 5.75. The minimum Gasteiger partial charge on any atom is -0.493 e. The Morgan fingerprint density at radius 1 is 1.12 bits per heavy atom. The van der Waals surface area contributed by atoms with E-state index in [9.17, 15) is 9.90 Å². The molecule has 0 bridgehead atoms. The van der Waals surface area contributed by atoms with Crippen LogP contribution in [0.4, 0.5) is 0 Å². The first kappa shape index (κ1) is 19.0. The van der Waals surface area contributed by atoms with Gasteiger partial charge in [-0.25, -0.2) is 0 Å². The number of benzene rings is 2. The molecule has 4 nitrogen and oxygen atoms in total.